The summed E-state index contributed by atoms with van der Waals surface area (Å²) in [5.41, 5.74) is 0.722. The molecule has 0 spiro atoms. The summed E-state index contributed by atoms with van der Waals surface area (Å²) in [5, 5.41) is 2.64. The molecule has 1 aliphatic heterocycles. The summed E-state index contributed by atoms with van der Waals surface area (Å²) >= 11 is 0. The predicted octanol–water partition coefficient (Wildman–Crippen LogP) is 1.18. The van der Waals surface area contributed by atoms with Gasteiger partial charge in [-0.05, 0) is 12.1 Å². The lowest BCUT2D eigenvalue weighted by atomic mass is 10.2. The first-order valence-corrected chi connectivity index (χ1v) is 3.26. The molecular weight excluding hydrogens is 142 g/mol. The maximum atomic E-state index is 10.7. The van der Waals surface area contributed by atoms with Crippen molar-refractivity contribution in [1.82, 2.24) is 0 Å². The molecule has 3 nitrogen and oxygen atoms in total. The molecule has 2 rings (SSSR count). The van der Waals surface area contributed by atoms with Crippen LogP contribution in [-0.2, 0) is 4.79 Å². The third kappa shape index (κ3) is 1.05. The van der Waals surface area contributed by atoms with E-state index in [2.05, 4.69) is 5.32 Å². The van der Waals surface area contributed by atoms with E-state index in [1.54, 1.807) is 12.1 Å². The van der Waals surface area contributed by atoms with Gasteiger partial charge in [-0.1, -0.05) is 12.1 Å². The van der Waals surface area contributed by atoms with E-state index in [1.807, 2.05) is 12.1 Å². The fraction of sp³-hybridized carbons (Fsp3) is 0. The van der Waals surface area contributed by atoms with Gasteiger partial charge in [-0.15, -0.1) is 0 Å². The average Bonchev–Trinajstić information content (AvgIpc) is 2.04. The second-order valence-electron chi connectivity index (χ2n) is 2.22. The number of rotatable bonds is 0. The van der Waals surface area contributed by atoms with E-state index in [-0.39, 0.29) is 5.91 Å². The zero-order valence-electron chi connectivity index (χ0n) is 5.70. The summed E-state index contributed by atoms with van der Waals surface area (Å²) in [6.07, 6.45) is 0. The van der Waals surface area contributed by atoms with Crippen LogP contribution in [0.3, 0.4) is 0 Å². The van der Waals surface area contributed by atoms with Crippen molar-refractivity contribution in [3.05, 3.63) is 30.9 Å². The minimum atomic E-state index is -0.219. The normalized spacial score (nSPS) is 14.7. The maximum absolute atomic E-state index is 10.7. The molecule has 1 radical (unpaired) electrons. The summed E-state index contributed by atoms with van der Waals surface area (Å²) in [7, 11) is 0. The number of anilines is 1. The van der Waals surface area contributed by atoms with E-state index in [4.69, 9.17) is 4.74 Å². The molecule has 0 aromatic heterocycles. The largest absolute Gasteiger partial charge is 0.474 e. The summed E-state index contributed by atoms with van der Waals surface area (Å²) < 4.78 is 5.00. The number of benzene rings is 1. The minimum Gasteiger partial charge on any atom is -0.474 e. The second kappa shape index (κ2) is 2.27. The lowest BCUT2D eigenvalue weighted by Gasteiger charge is -2.15. The first-order chi connectivity index (χ1) is 5.36. The topological polar surface area (TPSA) is 38.3 Å². The molecule has 1 amide bonds. The van der Waals surface area contributed by atoms with Crippen molar-refractivity contribution in [3.8, 4) is 5.75 Å². The van der Waals surface area contributed by atoms with Gasteiger partial charge in [0.2, 0.25) is 6.61 Å². The van der Waals surface area contributed by atoms with Gasteiger partial charge in [-0.2, -0.15) is 0 Å². The molecule has 0 bridgehead atoms. The van der Waals surface area contributed by atoms with Crippen LogP contribution in [0, 0.1) is 6.61 Å². The van der Waals surface area contributed by atoms with Crippen molar-refractivity contribution in [2.24, 2.45) is 0 Å². The Morgan fingerprint density at radius 1 is 1.27 bits per heavy atom. The maximum Gasteiger partial charge on any atom is 0.270 e. The van der Waals surface area contributed by atoms with Crippen molar-refractivity contribution in [2.75, 3.05) is 5.32 Å². The molecule has 1 aromatic carbocycles. The molecule has 1 aromatic rings. The zero-order valence-corrected chi connectivity index (χ0v) is 5.70. The Labute approximate surface area is 64.0 Å². The molecule has 0 atom stereocenters. The van der Waals surface area contributed by atoms with Gasteiger partial charge in [0.05, 0.1) is 5.69 Å². The zero-order chi connectivity index (χ0) is 7.68. The van der Waals surface area contributed by atoms with Crippen LogP contribution in [0.2, 0.25) is 0 Å². The Balaban J connectivity index is 2.41. The molecule has 1 N–H and O–H groups in total. The third-order valence-electron chi connectivity index (χ3n) is 1.44. The van der Waals surface area contributed by atoms with E-state index in [1.165, 1.54) is 0 Å². The SMILES string of the molecule is O=C1[CH]Oc2ccccc2N1. The van der Waals surface area contributed by atoms with Crippen LogP contribution >= 0.6 is 0 Å². The number of carbonyl (C=O) groups excluding carboxylic acids is 1. The van der Waals surface area contributed by atoms with Crippen LogP contribution in [0.25, 0.3) is 0 Å². The highest BCUT2D eigenvalue weighted by Crippen LogP contribution is 2.27. The highest BCUT2D eigenvalue weighted by molar-refractivity contribution is 5.99. The van der Waals surface area contributed by atoms with Crippen molar-refractivity contribution in [3.63, 3.8) is 0 Å². The Morgan fingerprint density at radius 2 is 2.09 bits per heavy atom. The Hall–Kier alpha value is -1.51. The fourth-order valence-electron chi connectivity index (χ4n) is 0.952. The Kier molecular flexibility index (Phi) is 1.28. The van der Waals surface area contributed by atoms with Crippen molar-refractivity contribution in [2.45, 2.75) is 0 Å². The predicted molar refractivity (Wildman–Crippen MR) is 40.0 cm³/mol. The minimum absolute atomic E-state index is 0.219. The molecule has 0 saturated carbocycles. The van der Waals surface area contributed by atoms with Crippen LogP contribution in [0.4, 0.5) is 5.69 Å². The lowest BCUT2D eigenvalue weighted by Crippen LogP contribution is -2.20. The number of fused-ring (bicyclic) bond motifs is 1. The first kappa shape index (κ1) is 6.22. The number of ether oxygens (including phenoxy) is 1. The van der Waals surface area contributed by atoms with Crippen molar-refractivity contribution in [1.29, 1.82) is 0 Å². The second-order valence-corrected chi connectivity index (χ2v) is 2.22. The Bertz CT molecular complexity index is 296. The van der Waals surface area contributed by atoms with Gasteiger partial charge < -0.3 is 10.1 Å². The number of para-hydroxylation sites is 2. The van der Waals surface area contributed by atoms with Crippen molar-refractivity contribution < 1.29 is 9.53 Å². The van der Waals surface area contributed by atoms with E-state index in [0.717, 1.165) is 12.3 Å². The fourth-order valence-corrected chi connectivity index (χ4v) is 0.952. The molecule has 1 heterocycles. The van der Waals surface area contributed by atoms with Crippen molar-refractivity contribution >= 4 is 11.6 Å². The van der Waals surface area contributed by atoms with E-state index in [9.17, 15) is 4.79 Å². The van der Waals surface area contributed by atoms with Crippen LogP contribution in [0.5, 0.6) is 5.75 Å². The molecule has 11 heavy (non-hydrogen) atoms. The highest BCUT2D eigenvalue weighted by atomic mass is 16.5. The third-order valence-corrected chi connectivity index (χ3v) is 1.44. The molecule has 3 heteroatoms. The smallest absolute Gasteiger partial charge is 0.270 e. The number of hydrogen-bond acceptors (Lipinski definition) is 2. The van der Waals surface area contributed by atoms with Gasteiger partial charge >= 0.3 is 0 Å². The molecule has 0 unspecified atom stereocenters. The van der Waals surface area contributed by atoms with Gasteiger partial charge in [0.25, 0.3) is 5.91 Å². The first-order valence-electron chi connectivity index (χ1n) is 3.26. The van der Waals surface area contributed by atoms with E-state index in [0.29, 0.717) is 5.75 Å². The number of carbonyl (C=O) groups is 1. The lowest BCUT2D eigenvalue weighted by molar-refractivity contribution is -0.115. The summed E-state index contributed by atoms with van der Waals surface area (Å²) in [6.45, 7) is 1.16. The summed E-state index contributed by atoms with van der Waals surface area (Å²) in [4.78, 5) is 10.7. The summed E-state index contributed by atoms with van der Waals surface area (Å²) in [6, 6.07) is 7.28. The van der Waals surface area contributed by atoms with Gasteiger partial charge in [0.1, 0.15) is 5.75 Å². The van der Waals surface area contributed by atoms with Crippen LogP contribution in [0.15, 0.2) is 24.3 Å². The standard InChI is InChI=1S/C8H6NO2/c10-8-5-11-7-4-2-1-3-6(7)9-8/h1-5H,(H,9,10). The molecule has 1 aliphatic rings. The molecule has 55 valence electrons. The average molecular weight is 148 g/mol. The highest BCUT2D eigenvalue weighted by Gasteiger charge is 2.14. The summed E-state index contributed by atoms with van der Waals surface area (Å²) in [5.74, 6) is 0.468. The number of amides is 1. The number of nitrogens with one attached hydrogen (secondary N) is 1. The quantitative estimate of drug-likeness (QED) is 0.600. The van der Waals surface area contributed by atoms with Crippen LogP contribution in [-0.4, -0.2) is 5.91 Å². The van der Waals surface area contributed by atoms with Gasteiger partial charge in [-0.25, -0.2) is 0 Å². The monoisotopic (exact) mass is 148 g/mol. The van der Waals surface area contributed by atoms with Crippen LogP contribution in [0.1, 0.15) is 0 Å². The van der Waals surface area contributed by atoms with Gasteiger partial charge in [-0.3, -0.25) is 4.79 Å². The van der Waals surface area contributed by atoms with Gasteiger partial charge in [0.15, 0.2) is 0 Å². The van der Waals surface area contributed by atoms with Crippen LogP contribution < -0.4 is 10.1 Å². The molecule has 0 aliphatic carbocycles. The number of hydrogen-bond donors (Lipinski definition) is 1. The van der Waals surface area contributed by atoms with E-state index < -0.39 is 0 Å². The Morgan fingerprint density at radius 3 is 3.00 bits per heavy atom. The van der Waals surface area contributed by atoms with Gasteiger partial charge in [0, 0.05) is 0 Å². The van der Waals surface area contributed by atoms with E-state index >= 15 is 0 Å². The molecule has 0 saturated heterocycles. The molecule has 0 fully saturated rings. The molecular formula is C8H6NO2.